The topological polar surface area (TPSA) is 24.5 Å². The van der Waals surface area contributed by atoms with E-state index in [9.17, 15) is 0 Å². The molecule has 1 spiro atoms. The van der Waals surface area contributed by atoms with Crippen LogP contribution in [0, 0.1) is 0 Å². The Kier molecular flexibility index (Phi) is 4.31. The molecule has 5 heteroatoms. The molecule has 6 aromatic carbocycles. The molecule has 4 aliphatic heterocycles. The van der Waals surface area contributed by atoms with Crippen LogP contribution in [0.5, 0.6) is 11.5 Å². The van der Waals surface area contributed by atoms with Crippen molar-refractivity contribution in [3.8, 4) is 17.3 Å². The molecule has 2 atom stereocenters. The number of fused-ring (bicyclic) bond motifs is 9. The number of hydrogen-bond donors (Lipinski definition) is 0. The van der Waals surface area contributed by atoms with Gasteiger partial charge in [-0.3, -0.25) is 0 Å². The molecule has 0 aliphatic carbocycles. The number of hydrogen-bond acceptors (Lipinski definition) is 3. The van der Waals surface area contributed by atoms with Crippen LogP contribution in [0.3, 0.4) is 0 Å². The first kappa shape index (κ1) is 25.1. The highest BCUT2D eigenvalue weighted by Gasteiger charge is 2.69. The number of nitrogens with zero attached hydrogens (tertiary/aromatic N) is 4. The largest absolute Gasteiger partial charge is 0.456 e. The van der Waals surface area contributed by atoms with Crippen molar-refractivity contribution in [3.63, 3.8) is 0 Å². The van der Waals surface area contributed by atoms with E-state index in [2.05, 4.69) is 166 Å². The summed E-state index contributed by atoms with van der Waals surface area (Å²) in [5.74, 6) is 3.02. The molecule has 5 nitrogen and oxygen atoms in total. The minimum Gasteiger partial charge on any atom is -0.456 e. The zero-order chi connectivity index (χ0) is 31.5. The number of anilines is 1. The molecule has 4 aliphatic rings. The second-order valence-electron chi connectivity index (χ2n) is 13.6. The molecule has 2 unspecified atom stereocenters. The maximum atomic E-state index is 6.90. The van der Waals surface area contributed by atoms with Gasteiger partial charge in [0, 0.05) is 35.1 Å². The molecule has 0 N–H and O–H groups in total. The lowest BCUT2D eigenvalue weighted by atomic mass is 9.76. The van der Waals surface area contributed by atoms with E-state index in [1.807, 2.05) is 0 Å². The fourth-order valence-electron chi connectivity index (χ4n) is 9.89. The number of para-hydroxylation sites is 1. The molecule has 0 amide bonds. The Bertz CT molecular complexity index is 2830. The lowest BCUT2D eigenvalue weighted by Gasteiger charge is -2.43. The monoisotopic (exact) mass is 617 g/mol. The Morgan fingerprint density at radius 3 is 2.35 bits per heavy atom. The summed E-state index contributed by atoms with van der Waals surface area (Å²) in [6.07, 6.45) is 2.22. The van der Waals surface area contributed by atoms with Crippen LogP contribution >= 0.6 is 0 Å². The summed E-state index contributed by atoms with van der Waals surface area (Å²) in [5, 5.41) is 7.57. The van der Waals surface area contributed by atoms with Crippen molar-refractivity contribution in [2.45, 2.75) is 18.6 Å². The fourth-order valence-corrected chi connectivity index (χ4v) is 9.89. The third kappa shape index (κ3) is 2.62. The number of rotatable bonds is 1. The predicted molar refractivity (Wildman–Crippen MR) is 192 cm³/mol. The van der Waals surface area contributed by atoms with Crippen LogP contribution < -0.4 is 14.2 Å². The fraction of sp³-hybridized carbons (Fsp3) is 0.0930. The summed E-state index contributed by atoms with van der Waals surface area (Å²) < 4.78 is 11.9. The highest BCUT2D eigenvalue weighted by atomic mass is 16.5. The number of allylic oxidation sites excluding steroid dienone is 1. The number of aromatic nitrogens is 2. The molecule has 0 radical (unpaired) electrons. The van der Waals surface area contributed by atoms with Gasteiger partial charge < -0.3 is 14.5 Å². The molecule has 12 rings (SSSR count). The van der Waals surface area contributed by atoms with E-state index >= 15 is 0 Å². The van der Waals surface area contributed by atoms with Gasteiger partial charge in [-0.2, -0.15) is 4.57 Å². The molecule has 0 saturated heterocycles. The Hall–Kier alpha value is -6.07. The SMILES string of the molecule is CC1=C(c2cccc3cc4ccccc4cc23)N(C)C2N1c1cccc3c1C21c2c(ccc4c5ccccc5n(c24)-c2cccc[n+]21)O3. The first-order valence-corrected chi connectivity index (χ1v) is 16.7. The summed E-state index contributed by atoms with van der Waals surface area (Å²) in [6, 6.07) is 46.6. The number of pyridine rings is 1. The maximum Gasteiger partial charge on any atom is 0.288 e. The van der Waals surface area contributed by atoms with Gasteiger partial charge in [-0.1, -0.05) is 66.7 Å². The molecule has 2 aromatic heterocycles. The van der Waals surface area contributed by atoms with E-state index in [-0.39, 0.29) is 6.17 Å². The van der Waals surface area contributed by atoms with Crippen molar-refractivity contribution in [1.82, 2.24) is 9.47 Å². The maximum absolute atomic E-state index is 6.90. The smallest absolute Gasteiger partial charge is 0.288 e. The third-order valence-electron chi connectivity index (χ3n) is 11.5. The molecule has 8 aromatic rings. The number of ether oxygens (including phenoxy) is 1. The molecule has 0 saturated carbocycles. The summed E-state index contributed by atoms with van der Waals surface area (Å²) in [6.45, 7) is 2.30. The molecule has 0 bridgehead atoms. The minimum atomic E-state index is -0.574. The lowest BCUT2D eigenvalue weighted by Crippen LogP contribution is -2.70. The van der Waals surface area contributed by atoms with Crippen LogP contribution in [0.4, 0.5) is 5.69 Å². The van der Waals surface area contributed by atoms with Gasteiger partial charge in [0.1, 0.15) is 17.0 Å². The average molecular weight is 618 g/mol. The molecule has 48 heavy (non-hydrogen) atoms. The van der Waals surface area contributed by atoms with Gasteiger partial charge in [0.15, 0.2) is 11.7 Å². The van der Waals surface area contributed by atoms with Crippen molar-refractivity contribution in [3.05, 3.63) is 156 Å². The highest BCUT2D eigenvalue weighted by molar-refractivity contribution is 6.12. The Morgan fingerprint density at radius 2 is 1.44 bits per heavy atom. The van der Waals surface area contributed by atoms with Gasteiger partial charge in [-0.05, 0) is 83.1 Å². The zero-order valence-corrected chi connectivity index (χ0v) is 26.5. The van der Waals surface area contributed by atoms with Crippen molar-refractivity contribution >= 4 is 54.7 Å². The first-order chi connectivity index (χ1) is 23.7. The van der Waals surface area contributed by atoms with Gasteiger partial charge in [-0.15, -0.1) is 0 Å². The van der Waals surface area contributed by atoms with E-state index in [1.165, 1.54) is 77.1 Å². The van der Waals surface area contributed by atoms with E-state index in [1.54, 1.807) is 0 Å². The zero-order valence-electron chi connectivity index (χ0n) is 26.5. The first-order valence-electron chi connectivity index (χ1n) is 16.7. The van der Waals surface area contributed by atoms with E-state index in [0.717, 1.165) is 17.3 Å². The third-order valence-corrected chi connectivity index (χ3v) is 11.5. The second kappa shape index (κ2) is 8.25. The number of benzene rings is 6. The molecule has 6 heterocycles. The van der Waals surface area contributed by atoms with Gasteiger partial charge >= 0.3 is 0 Å². The van der Waals surface area contributed by atoms with Crippen LogP contribution in [0.2, 0.25) is 0 Å². The lowest BCUT2D eigenvalue weighted by molar-refractivity contribution is -0.743. The minimum absolute atomic E-state index is 0.0643. The van der Waals surface area contributed by atoms with Gasteiger partial charge in [0.25, 0.3) is 5.82 Å². The van der Waals surface area contributed by atoms with E-state index in [4.69, 9.17) is 4.74 Å². The Balaban J connectivity index is 1.21. The normalized spacial score (nSPS) is 19.8. The van der Waals surface area contributed by atoms with Crippen LogP contribution in [0.15, 0.2) is 139 Å². The van der Waals surface area contributed by atoms with Gasteiger partial charge in [0.2, 0.25) is 5.54 Å². The van der Waals surface area contributed by atoms with Crippen LogP contribution in [-0.2, 0) is 5.54 Å². The molecule has 226 valence electrons. The van der Waals surface area contributed by atoms with Crippen LogP contribution in [0.1, 0.15) is 23.6 Å². The predicted octanol–water partition coefficient (Wildman–Crippen LogP) is 9.07. The quantitative estimate of drug-likeness (QED) is 0.136. The highest BCUT2D eigenvalue weighted by Crippen LogP contribution is 2.64. The Labute approximate surface area is 276 Å². The van der Waals surface area contributed by atoms with Crippen molar-refractivity contribution in [2.24, 2.45) is 0 Å². The summed E-state index contributed by atoms with van der Waals surface area (Å²) >= 11 is 0. The molecule has 0 fully saturated rings. The van der Waals surface area contributed by atoms with Crippen molar-refractivity contribution in [2.75, 3.05) is 11.9 Å². The molecular formula is C43H29N4O+. The summed E-state index contributed by atoms with van der Waals surface area (Å²) in [5.41, 5.74) is 9.31. The van der Waals surface area contributed by atoms with Gasteiger partial charge in [-0.25, -0.2) is 4.57 Å². The molecular weight excluding hydrogens is 589 g/mol. The van der Waals surface area contributed by atoms with Crippen molar-refractivity contribution < 1.29 is 9.30 Å². The second-order valence-corrected chi connectivity index (χ2v) is 13.6. The van der Waals surface area contributed by atoms with E-state index in [0.29, 0.717) is 0 Å². The Morgan fingerprint density at radius 1 is 0.667 bits per heavy atom. The number of likely N-dealkylation sites (N-methyl/N-ethyl adjacent to an activating group) is 1. The van der Waals surface area contributed by atoms with Crippen LogP contribution in [0.25, 0.3) is 54.9 Å². The van der Waals surface area contributed by atoms with Gasteiger partial charge in [0.05, 0.1) is 28.7 Å². The summed E-state index contributed by atoms with van der Waals surface area (Å²) in [4.78, 5) is 5.15. The standard InChI is InChI=1S/C43H29N4O/c1-25-40(30-15-9-13-28-23-26-11-3-4-12-27(26)24-32(28)30)44(2)42-43-38-34(46(25)42)17-10-18-35(38)48-36-21-20-31-29-14-5-6-16-33(29)47(41(31)39(36)43)37-19-7-8-22-45(37)43/h3-24,42H,1-2H3/q+1. The van der Waals surface area contributed by atoms with E-state index < -0.39 is 5.54 Å². The van der Waals surface area contributed by atoms with Crippen molar-refractivity contribution in [1.29, 1.82) is 0 Å². The van der Waals surface area contributed by atoms with Crippen LogP contribution in [-0.4, -0.2) is 22.7 Å². The summed E-state index contributed by atoms with van der Waals surface area (Å²) in [7, 11) is 2.30. The average Bonchev–Trinajstić information content (AvgIpc) is 3.72.